The predicted molar refractivity (Wildman–Crippen MR) is 97.0 cm³/mol. The van der Waals surface area contributed by atoms with Crippen molar-refractivity contribution in [2.45, 2.75) is 71.4 Å². The summed E-state index contributed by atoms with van der Waals surface area (Å²) >= 11 is 1.78. The van der Waals surface area contributed by atoms with Crippen LogP contribution in [0.3, 0.4) is 0 Å². The molecular weight excluding hydrogens is 326 g/mol. The summed E-state index contributed by atoms with van der Waals surface area (Å²) in [5.41, 5.74) is 0.558. The molecule has 1 atom stereocenters. The molecule has 0 fully saturated rings. The van der Waals surface area contributed by atoms with Gasteiger partial charge < -0.3 is 15.4 Å². The summed E-state index contributed by atoms with van der Waals surface area (Å²) in [6, 6.07) is 0.0670. The number of carbonyl (C=O) groups excluding carboxylic acids is 2. The normalized spacial score (nSPS) is 21.8. The number of hydrogen-bond acceptors (Lipinski definition) is 5. The average Bonchev–Trinajstić information content (AvgIpc) is 2.68. The highest BCUT2D eigenvalue weighted by Crippen LogP contribution is 2.35. The number of carbonyl (C=O) groups is 2. The fourth-order valence-electron chi connectivity index (χ4n) is 2.74. The zero-order valence-corrected chi connectivity index (χ0v) is 15.7. The van der Waals surface area contributed by atoms with Crippen LogP contribution >= 0.6 is 11.8 Å². The third-order valence-electron chi connectivity index (χ3n) is 3.65. The smallest absolute Gasteiger partial charge is 0.407 e. The third-order valence-corrected chi connectivity index (χ3v) is 4.81. The molecule has 0 unspecified atom stereocenters. The van der Waals surface area contributed by atoms with Gasteiger partial charge in [0, 0.05) is 36.5 Å². The van der Waals surface area contributed by atoms with Gasteiger partial charge in [-0.1, -0.05) is 0 Å². The van der Waals surface area contributed by atoms with Crippen LogP contribution in [0, 0.1) is 0 Å². The monoisotopic (exact) mass is 353 g/mol. The third kappa shape index (κ3) is 6.19. The molecular formula is C17H27N3O3S. The highest BCUT2D eigenvalue weighted by molar-refractivity contribution is 8.03. The van der Waals surface area contributed by atoms with Crippen LogP contribution in [-0.4, -0.2) is 35.2 Å². The number of hydrogen-bond donors (Lipinski definition) is 2. The van der Waals surface area contributed by atoms with E-state index in [1.54, 1.807) is 11.8 Å². The Morgan fingerprint density at radius 2 is 2.04 bits per heavy atom. The summed E-state index contributed by atoms with van der Waals surface area (Å²) in [6.45, 7) is 7.09. The molecule has 134 valence electrons. The lowest BCUT2D eigenvalue weighted by atomic mass is 10.1. The minimum Gasteiger partial charge on any atom is -0.444 e. The number of amides is 2. The van der Waals surface area contributed by atoms with Crippen LogP contribution in [0.2, 0.25) is 0 Å². The van der Waals surface area contributed by atoms with Crippen molar-refractivity contribution in [2.24, 2.45) is 4.99 Å². The van der Waals surface area contributed by atoms with Crippen molar-refractivity contribution in [3.63, 3.8) is 0 Å². The van der Waals surface area contributed by atoms with E-state index in [1.165, 1.54) is 11.8 Å². The number of nitrogens with zero attached hydrogens (tertiary/aromatic N) is 1. The molecule has 2 rings (SSSR count). The van der Waals surface area contributed by atoms with Gasteiger partial charge in [0.2, 0.25) is 5.91 Å². The van der Waals surface area contributed by atoms with Gasteiger partial charge in [-0.25, -0.2) is 9.79 Å². The molecule has 0 saturated heterocycles. The maximum Gasteiger partial charge on any atom is 0.407 e. The van der Waals surface area contributed by atoms with Crippen molar-refractivity contribution < 1.29 is 14.3 Å². The molecule has 2 N–H and O–H groups in total. The Bertz CT molecular complexity index is 564. The Morgan fingerprint density at radius 1 is 1.29 bits per heavy atom. The summed E-state index contributed by atoms with van der Waals surface area (Å²) in [4.78, 5) is 29.2. The van der Waals surface area contributed by atoms with Gasteiger partial charge in [-0.2, -0.15) is 0 Å². The molecule has 0 aromatic carbocycles. The van der Waals surface area contributed by atoms with Crippen LogP contribution < -0.4 is 10.6 Å². The molecule has 6 nitrogen and oxygen atoms in total. The van der Waals surface area contributed by atoms with Crippen LogP contribution in [0.25, 0.3) is 0 Å². The van der Waals surface area contributed by atoms with Crippen molar-refractivity contribution >= 4 is 29.6 Å². The Kier molecular flexibility index (Phi) is 6.32. The predicted octanol–water partition coefficient (Wildman–Crippen LogP) is 3.34. The van der Waals surface area contributed by atoms with E-state index < -0.39 is 5.60 Å². The second kappa shape index (κ2) is 8.05. The number of allylic oxidation sites excluding steroid dienone is 1. The number of ether oxygens (including phenoxy) is 1. The molecule has 7 heteroatoms. The molecule has 0 radical (unpaired) electrons. The second-order valence-electron chi connectivity index (χ2n) is 7.15. The van der Waals surface area contributed by atoms with E-state index >= 15 is 0 Å². The first kappa shape index (κ1) is 18.8. The van der Waals surface area contributed by atoms with Crippen LogP contribution in [0.15, 0.2) is 15.6 Å². The zero-order chi connectivity index (χ0) is 17.7. The molecule has 0 aromatic rings. The molecule has 0 spiro atoms. The van der Waals surface area contributed by atoms with E-state index in [1.807, 2.05) is 20.8 Å². The summed E-state index contributed by atoms with van der Waals surface area (Å²) in [6.07, 6.45) is 3.89. The Morgan fingerprint density at radius 3 is 2.71 bits per heavy atom. The quantitative estimate of drug-likeness (QED) is 0.758. The lowest BCUT2D eigenvalue weighted by Crippen LogP contribution is -2.39. The molecule has 1 heterocycles. The molecule has 0 bridgehead atoms. The van der Waals surface area contributed by atoms with Gasteiger partial charge in [0.15, 0.2) is 0 Å². The summed E-state index contributed by atoms with van der Waals surface area (Å²) in [5, 5.41) is 5.80. The van der Waals surface area contributed by atoms with Crippen LogP contribution in [0.5, 0.6) is 0 Å². The number of amidine groups is 1. The van der Waals surface area contributed by atoms with Crippen molar-refractivity contribution in [1.82, 2.24) is 10.6 Å². The maximum atomic E-state index is 12.0. The Hall–Kier alpha value is -1.50. The number of thioether (sulfide) groups is 1. The van der Waals surface area contributed by atoms with E-state index in [0.29, 0.717) is 0 Å². The van der Waals surface area contributed by atoms with Gasteiger partial charge in [0.25, 0.3) is 0 Å². The van der Waals surface area contributed by atoms with E-state index in [2.05, 4.69) is 15.6 Å². The highest BCUT2D eigenvalue weighted by Gasteiger charge is 2.25. The summed E-state index contributed by atoms with van der Waals surface area (Å²) in [5.74, 6) is 1.55. The Labute approximate surface area is 147 Å². The summed E-state index contributed by atoms with van der Waals surface area (Å²) < 4.78 is 5.35. The first-order chi connectivity index (χ1) is 11.2. The van der Waals surface area contributed by atoms with E-state index in [9.17, 15) is 9.59 Å². The van der Waals surface area contributed by atoms with Crippen LogP contribution in [0.1, 0.15) is 59.8 Å². The van der Waals surface area contributed by atoms with E-state index in [0.717, 1.165) is 49.4 Å². The first-order valence-corrected chi connectivity index (χ1v) is 9.41. The molecule has 24 heavy (non-hydrogen) atoms. The van der Waals surface area contributed by atoms with E-state index in [4.69, 9.17) is 4.74 Å². The lowest BCUT2D eigenvalue weighted by Gasteiger charge is -2.23. The van der Waals surface area contributed by atoms with Crippen LogP contribution in [0.4, 0.5) is 4.79 Å². The number of alkyl carbamates (subject to hydrolysis) is 1. The molecule has 2 amide bonds. The first-order valence-electron chi connectivity index (χ1n) is 8.42. The van der Waals surface area contributed by atoms with Gasteiger partial charge >= 0.3 is 6.09 Å². The van der Waals surface area contributed by atoms with Crippen molar-refractivity contribution in [3.8, 4) is 0 Å². The minimum absolute atomic E-state index is 0.0670. The average molecular weight is 353 g/mol. The highest BCUT2D eigenvalue weighted by atomic mass is 32.2. The summed E-state index contributed by atoms with van der Waals surface area (Å²) in [7, 11) is 0. The van der Waals surface area contributed by atoms with Crippen molar-refractivity contribution in [3.05, 3.63) is 10.6 Å². The molecule has 2 aliphatic rings. The second-order valence-corrected chi connectivity index (χ2v) is 8.34. The van der Waals surface area contributed by atoms with Gasteiger partial charge in [-0.3, -0.25) is 4.79 Å². The topological polar surface area (TPSA) is 79.8 Å². The largest absolute Gasteiger partial charge is 0.444 e. The maximum absolute atomic E-state index is 12.0. The van der Waals surface area contributed by atoms with Crippen LogP contribution in [-0.2, 0) is 9.53 Å². The molecule has 1 aliphatic carbocycles. The van der Waals surface area contributed by atoms with Gasteiger partial charge in [-0.15, -0.1) is 11.8 Å². The number of rotatable bonds is 1. The SMILES string of the molecule is CC(=O)NC1=NC2=C(C[C@H](NC(=O)OC(C)(C)C)CCC2)SCC1. The number of nitrogens with one attached hydrogen (secondary N) is 2. The molecule has 1 aliphatic heterocycles. The molecule has 0 saturated carbocycles. The van der Waals surface area contributed by atoms with Gasteiger partial charge in [0.1, 0.15) is 11.4 Å². The fourth-order valence-corrected chi connectivity index (χ4v) is 3.92. The standard InChI is InChI=1S/C17H27N3O3S/c1-11(21)18-15-8-9-24-14-10-12(6-5-7-13(14)20-15)19-16(22)23-17(2,3)4/h12H,5-10H2,1-4H3,(H,19,22)(H,18,20,21)/t12-/m1/s1. The zero-order valence-electron chi connectivity index (χ0n) is 14.9. The number of aliphatic imine (C=N–C) groups is 1. The Balaban J connectivity index is 2.04. The lowest BCUT2D eigenvalue weighted by molar-refractivity contribution is -0.117. The fraction of sp³-hybridized carbons (Fsp3) is 0.706. The van der Waals surface area contributed by atoms with Gasteiger partial charge in [-0.05, 0) is 40.0 Å². The van der Waals surface area contributed by atoms with Gasteiger partial charge in [0.05, 0.1) is 5.70 Å². The van der Waals surface area contributed by atoms with Crippen molar-refractivity contribution in [1.29, 1.82) is 0 Å². The van der Waals surface area contributed by atoms with E-state index in [-0.39, 0.29) is 18.0 Å². The van der Waals surface area contributed by atoms with Crippen molar-refractivity contribution in [2.75, 3.05) is 5.75 Å². The molecule has 0 aromatic heterocycles. The minimum atomic E-state index is -0.492.